The van der Waals surface area contributed by atoms with E-state index >= 15 is 0 Å². The quantitative estimate of drug-likeness (QED) is 0.457. The Balaban J connectivity index is 1.85. The van der Waals surface area contributed by atoms with Crippen LogP contribution >= 0.6 is 0 Å². The van der Waals surface area contributed by atoms with Crippen molar-refractivity contribution in [1.29, 1.82) is 0 Å². The number of hydrogen-bond acceptors (Lipinski definition) is 5. The normalized spacial score (nSPS) is 10.1. The lowest BCUT2D eigenvalue weighted by molar-refractivity contribution is -0.114. The zero-order valence-corrected chi connectivity index (χ0v) is 16.6. The van der Waals surface area contributed by atoms with E-state index in [4.69, 9.17) is 4.74 Å². The van der Waals surface area contributed by atoms with Gasteiger partial charge in [0.05, 0.1) is 13.2 Å². The molecule has 2 rings (SSSR count). The molecule has 4 N–H and O–H groups in total. The number of carbonyl (C=O) groups is 3. The Morgan fingerprint density at radius 2 is 1.62 bits per heavy atom. The molecule has 0 aliphatic heterocycles. The fraction of sp³-hybridized carbons (Fsp3) is 0.286. The van der Waals surface area contributed by atoms with Crippen molar-refractivity contribution in [1.82, 2.24) is 10.6 Å². The molecule has 0 fully saturated rings. The Morgan fingerprint density at radius 3 is 2.31 bits per heavy atom. The third-order valence-corrected chi connectivity index (χ3v) is 3.94. The highest BCUT2D eigenvalue weighted by atomic mass is 16.5. The van der Waals surface area contributed by atoms with E-state index in [1.165, 1.54) is 0 Å². The lowest BCUT2D eigenvalue weighted by Crippen LogP contribution is -2.27. The van der Waals surface area contributed by atoms with E-state index in [2.05, 4.69) is 21.3 Å². The van der Waals surface area contributed by atoms with Crippen LogP contribution in [0.3, 0.4) is 0 Å². The van der Waals surface area contributed by atoms with Crippen LogP contribution < -0.4 is 21.3 Å². The number of rotatable bonds is 10. The maximum absolute atomic E-state index is 12.2. The first-order valence-electron chi connectivity index (χ1n) is 9.32. The molecule has 0 saturated carbocycles. The minimum Gasteiger partial charge on any atom is -0.383 e. The highest BCUT2D eigenvalue weighted by Crippen LogP contribution is 2.12. The van der Waals surface area contributed by atoms with Crippen LogP contribution in [-0.4, -0.2) is 51.1 Å². The van der Waals surface area contributed by atoms with Crippen molar-refractivity contribution in [3.05, 3.63) is 59.7 Å². The number of benzene rings is 2. The Morgan fingerprint density at radius 1 is 0.897 bits per heavy atom. The number of nitrogens with one attached hydrogen (secondary N) is 4. The van der Waals surface area contributed by atoms with E-state index in [-0.39, 0.29) is 24.3 Å². The van der Waals surface area contributed by atoms with E-state index in [1.807, 2.05) is 6.92 Å². The average molecular weight is 398 g/mol. The number of carbonyl (C=O) groups excluding carboxylic acids is 3. The summed E-state index contributed by atoms with van der Waals surface area (Å²) in [7, 11) is 1.56. The van der Waals surface area contributed by atoms with E-state index in [0.717, 1.165) is 5.69 Å². The zero-order chi connectivity index (χ0) is 21.1. The fourth-order valence-electron chi connectivity index (χ4n) is 2.50. The van der Waals surface area contributed by atoms with Gasteiger partial charge >= 0.3 is 0 Å². The third kappa shape index (κ3) is 7.27. The highest BCUT2D eigenvalue weighted by Gasteiger charge is 2.08. The standard InChI is InChI=1S/C21H26N4O4/c1-3-22-20(27)15-7-9-17(10-8-15)24-14-19(26)25-18-6-4-5-16(13-18)21(28)23-11-12-29-2/h4-10,13,24H,3,11-12,14H2,1-2H3,(H,22,27)(H,23,28)(H,25,26). The number of hydrogen-bond donors (Lipinski definition) is 4. The van der Waals surface area contributed by atoms with Gasteiger partial charge in [-0.2, -0.15) is 0 Å². The van der Waals surface area contributed by atoms with Crippen LogP contribution in [0, 0.1) is 0 Å². The van der Waals surface area contributed by atoms with Crippen molar-refractivity contribution in [2.45, 2.75) is 6.92 Å². The molecule has 0 aromatic heterocycles. The third-order valence-electron chi connectivity index (χ3n) is 3.94. The van der Waals surface area contributed by atoms with Gasteiger partial charge in [-0.05, 0) is 49.4 Å². The van der Waals surface area contributed by atoms with Crippen LogP contribution in [0.5, 0.6) is 0 Å². The number of ether oxygens (including phenoxy) is 1. The van der Waals surface area contributed by atoms with Gasteiger partial charge in [-0.25, -0.2) is 0 Å². The summed E-state index contributed by atoms with van der Waals surface area (Å²) < 4.78 is 4.90. The SMILES string of the molecule is CCNC(=O)c1ccc(NCC(=O)Nc2cccc(C(=O)NCCOC)c2)cc1. The van der Waals surface area contributed by atoms with Gasteiger partial charge in [0, 0.05) is 42.7 Å². The molecule has 0 atom stereocenters. The summed E-state index contributed by atoms with van der Waals surface area (Å²) in [6.45, 7) is 3.31. The first kappa shape index (κ1) is 21.9. The molecule has 2 aromatic rings. The van der Waals surface area contributed by atoms with Gasteiger partial charge in [-0.3, -0.25) is 14.4 Å². The van der Waals surface area contributed by atoms with Crippen LogP contribution in [0.2, 0.25) is 0 Å². The van der Waals surface area contributed by atoms with Crippen molar-refractivity contribution in [2.75, 3.05) is 44.0 Å². The molecule has 3 amide bonds. The number of anilines is 2. The Hall–Kier alpha value is -3.39. The maximum atomic E-state index is 12.2. The Labute approximate surface area is 170 Å². The molecular weight excluding hydrogens is 372 g/mol. The second-order valence-corrected chi connectivity index (χ2v) is 6.17. The summed E-state index contributed by atoms with van der Waals surface area (Å²) >= 11 is 0. The van der Waals surface area contributed by atoms with Gasteiger partial charge in [0.15, 0.2) is 0 Å². The second-order valence-electron chi connectivity index (χ2n) is 6.17. The Kier molecular flexibility index (Phi) is 8.65. The van der Waals surface area contributed by atoms with E-state index in [0.29, 0.717) is 36.5 Å². The van der Waals surface area contributed by atoms with E-state index < -0.39 is 0 Å². The zero-order valence-electron chi connectivity index (χ0n) is 16.6. The van der Waals surface area contributed by atoms with E-state index in [1.54, 1.807) is 55.6 Å². The minimum atomic E-state index is -0.255. The summed E-state index contributed by atoms with van der Waals surface area (Å²) in [5.74, 6) is -0.624. The first-order valence-corrected chi connectivity index (χ1v) is 9.32. The molecule has 2 aromatic carbocycles. The molecule has 8 heteroatoms. The molecule has 0 unspecified atom stereocenters. The van der Waals surface area contributed by atoms with Crippen LogP contribution in [0.1, 0.15) is 27.6 Å². The average Bonchev–Trinajstić information content (AvgIpc) is 2.73. The smallest absolute Gasteiger partial charge is 0.251 e. The molecule has 0 aliphatic carbocycles. The van der Waals surface area contributed by atoms with Gasteiger partial charge in [-0.15, -0.1) is 0 Å². The lowest BCUT2D eigenvalue weighted by atomic mass is 10.2. The van der Waals surface area contributed by atoms with Crippen LogP contribution in [0.25, 0.3) is 0 Å². The van der Waals surface area contributed by atoms with Gasteiger partial charge in [0.2, 0.25) is 5.91 Å². The van der Waals surface area contributed by atoms with E-state index in [9.17, 15) is 14.4 Å². The maximum Gasteiger partial charge on any atom is 0.251 e. The van der Waals surface area contributed by atoms with Crippen LogP contribution in [0.15, 0.2) is 48.5 Å². The van der Waals surface area contributed by atoms with Crippen molar-refractivity contribution in [3.63, 3.8) is 0 Å². The molecule has 0 heterocycles. The van der Waals surface area contributed by atoms with Gasteiger partial charge in [0.25, 0.3) is 11.8 Å². The molecule has 8 nitrogen and oxygen atoms in total. The highest BCUT2D eigenvalue weighted by molar-refractivity contribution is 5.98. The van der Waals surface area contributed by atoms with Crippen molar-refractivity contribution >= 4 is 29.1 Å². The van der Waals surface area contributed by atoms with Gasteiger partial charge < -0.3 is 26.0 Å². The van der Waals surface area contributed by atoms with Gasteiger partial charge in [-0.1, -0.05) is 6.07 Å². The monoisotopic (exact) mass is 398 g/mol. The molecular formula is C21H26N4O4. The number of amides is 3. The predicted molar refractivity (Wildman–Crippen MR) is 112 cm³/mol. The molecule has 29 heavy (non-hydrogen) atoms. The molecule has 0 spiro atoms. The Bertz CT molecular complexity index is 837. The van der Waals surface area contributed by atoms with Crippen LogP contribution in [-0.2, 0) is 9.53 Å². The van der Waals surface area contributed by atoms with Crippen molar-refractivity contribution in [2.24, 2.45) is 0 Å². The van der Waals surface area contributed by atoms with Crippen molar-refractivity contribution in [3.8, 4) is 0 Å². The first-order chi connectivity index (χ1) is 14.0. The summed E-state index contributed by atoms with van der Waals surface area (Å²) in [6, 6.07) is 13.6. The predicted octanol–water partition coefficient (Wildman–Crippen LogP) is 1.86. The molecule has 154 valence electrons. The summed E-state index contributed by atoms with van der Waals surface area (Å²) in [4.78, 5) is 36.0. The number of methoxy groups -OCH3 is 1. The van der Waals surface area contributed by atoms with Crippen LogP contribution in [0.4, 0.5) is 11.4 Å². The molecule has 0 bridgehead atoms. The fourth-order valence-corrected chi connectivity index (χ4v) is 2.50. The topological polar surface area (TPSA) is 109 Å². The summed E-state index contributed by atoms with van der Waals surface area (Å²) in [5.41, 5.74) is 2.26. The van der Waals surface area contributed by atoms with Crippen molar-refractivity contribution < 1.29 is 19.1 Å². The summed E-state index contributed by atoms with van der Waals surface area (Å²) in [5, 5.41) is 11.2. The summed E-state index contributed by atoms with van der Waals surface area (Å²) in [6.07, 6.45) is 0. The molecule has 0 radical (unpaired) electrons. The van der Waals surface area contributed by atoms with Gasteiger partial charge in [0.1, 0.15) is 0 Å². The lowest BCUT2D eigenvalue weighted by Gasteiger charge is -2.10. The second kappa shape index (κ2) is 11.5. The molecule has 0 aliphatic rings. The largest absolute Gasteiger partial charge is 0.383 e. The molecule has 0 saturated heterocycles. The minimum absolute atomic E-state index is 0.0464.